The van der Waals surface area contributed by atoms with E-state index >= 15 is 0 Å². The molecule has 1 unspecified atom stereocenters. The van der Waals surface area contributed by atoms with Gasteiger partial charge in [0, 0.05) is 31.7 Å². The van der Waals surface area contributed by atoms with Crippen molar-refractivity contribution >= 4 is 0 Å². The Bertz CT molecular complexity index is 506. The van der Waals surface area contributed by atoms with E-state index in [1.54, 1.807) is 12.1 Å². The molecule has 0 amide bonds. The first kappa shape index (κ1) is 17.7. The second kappa shape index (κ2) is 7.85. The maximum absolute atomic E-state index is 12.8. The minimum absolute atomic E-state index is 0.0942. The van der Waals surface area contributed by atoms with Crippen LogP contribution in [0.5, 0.6) is 0 Å². The smallest absolute Gasteiger partial charge is 0.379 e. The van der Waals surface area contributed by atoms with Crippen LogP contribution in [0, 0.1) is 0 Å². The molecule has 0 spiro atoms. The molecule has 1 aliphatic heterocycles. The average Bonchev–Trinajstić information content (AvgIpc) is 3.09. The molecule has 6 heteroatoms. The van der Waals surface area contributed by atoms with Gasteiger partial charge in [-0.2, -0.15) is 13.2 Å². The molecule has 3 rings (SSSR count). The second-order valence-electron chi connectivity index (χ2n) is 6.67. The largest absolute Gasteiger partial charge is 0.416 e. The van der Waals surface area contributed by atoms with E-state index in [1.165, 1.54) is 37.8 Å². The highest BCUT2D eigenvalue weighted by molar-refractivity contribution is 5.27. The summed E-state index contributed by atoms with van der Waals surface area (Å²) < 4.78 is 43.8. The number of nitrogens with one attached hydrogen (secondary N) is 1. The Morgan fingerprint density at radius 3 is 2.29 bits per heavy atom. The van der Waals surface area contributed by atoms with E-state index < -0.39 is 11.7 Å². The zero-order valence-corrected chi connectivity index (χ0v) is 13.8. The fourth-order valence-electron chi connectivity index (χ4n) is 3.65. The highest BCUT2D eigenvalue weighted by Gasteiger charge is 2.31. The van der Waals surface area contributed by atoms with Gasteiger partial charge in [0.2, 0.25) is 0 Å². The van der Waals surface area contributed by atoms with Gasteiger partial charge < -0.3 is 10.1 Å². The number of hydrogen-bond acceptors (Lipinski definition) is 3. The van der Waals surface area contributed by atoms with Crippen molar-refractivity contribution in [2.45, 2.75) is 43.9 Å². The van der Waals surface area contributed by atoms with Crippen LogP contribution in [0.4, 0.5) is 13.2 Å². The summed E-state index contributed by atoms with van der Waals surface area (Å²) in [5.74, 6) is 0. The number of ether oxygens (including phenoxy) is 1. The molecule has 1 atom stereocenters. The molecule has 2 aliphatic rings. The second-order valence-corrected chi connectivity index (χ2v) is 6.67. The third-order valence-corrected chi connectivity index (χ3v) is 5.06. The number of morpholine rings is 1. The minimum Gasteiger partial charge on any atom is -0.379 e. The molecule has 1 aromatic carbocycles. The van der Waals surface area contributed by atoms with E-state index in [2.05, 4.69) is 10.2 Å². The van der Waals surface area contributed by atoms with Crippen LogP contribution in [0.15, 0.2) is 24.3 Å². The van der Waals surface area contributed by atoms with Crippen LogP contribution in [-0.2, 0) is 10.9 Å². The Labute approximate surface area is 141 Å². The van der Waals surface area contributed by atoms with E-state index in [0.717, 1.165) is 25.2 Å². The Balaban J connectivity index is 1.72. The average molecular weight is 342 g/mol. The van der Waals surface area contributed by atoms with Gasteiger partial charge in [-0.05, 0) is 30.5 Å². The summed E-state index contributed by atoms with van der Waals surface area (Å²) in [6.45, 7) is 3.77. The van der Waals surface area contributed by atoms with Crippen molar-refractivity contribution in [2.75, 3.05) is 32.8 Å². The van der Waals surface area contributed by atoms with Gasteiger partial charge in [-0.15, -0.1) is 0 Å². The topological polar surface area (TPSA) is 24.5 Å². The molecule has 1 aromatic rings. The molecule has 1 N–H and O–H groups in total. The molecule has 1 aliphatic carbocycles. The summed E-state index contributed by atoms with van der Waals surface area (Å²) in [6.07, 6.45) is 0.640. The highest BCUT2D eigenvalue weighted by atomic mass is 19.4. The summed E-state index contributed by atoms with van der Waals surface area (Å²) in [5, 5.41) is 3.62. The van der Waals surface area contributed by atoms with Crippen LogP contribution < -0.4 is 5.32 Å². The van der Waals surface area contributed by atoms with Crippen LogP contribution in [0.1, 0.15) is 42.9 Å². The Hall–Kier alpha value is -1.11. The minimum atomic E-state index is -4.28. The normalized spacial score (nSPS) is 22.0. The third kappa shape index (κ3) is 4.49. The van der Waals surface area contributed by atoms with Crippen LogP contribution in [0.25, 0.3) is 0 Å². The molecule has 0 aromatic heterocycles. The first-order chi connectivity index (χ1) is 11.5. The van der Waals surface area contributed by atoms with Crippen molar-refractivity contribution in [2.24, 2.45) is 0 Å². The van der Waals surface area contributed by atoms with Gasteiger partial charge in [-0.25, -0.2) is 0 Å². The molecule has 1 heterocycles. The van der Waals surface area contributed by atoms with E-state index in [0.29, 0.717) is 19.3 Å². The number of nitrogens with zero attached hydrogens (tertiary/aromatic N) is 1. The summed E-state index contributed by atoms with van der Waals surface area (Å²) in [6, 6.07) is 6.27. The molecule has 0 radical (unpaired) electrons. The van der Waals surface area contributed by atoms with Gasteiger partial charge in [0.1, 0.15) is 0 Å². The lowest BCUT2D eigenvalue weighted by atomic mass is 10.0. The standard InChI is InChI=1S/C18H25F3N2O/c19-18(20,21)15-7-5-14(6-8-15)17(23-9-11-24-12-10-23)13-22-16-3-1-2-4-16/h5-8,16-17,22H,1-4,9-13H2. The summed E-state index contributed by atoms with van der Waals surface area (Å²) in [7, 11) is 0. The molecule has 3 nitrogen and oxygen atoms in total. The Kier molecular flexibility index (Phi) is 5.79. The Morgan fingerprint density at radius 2 is 1.71 bits per heavy atom. The van der Waals surface area contributed by atoms with E-state index in [-0.39, 0.29) is 6.04 Å². The van der Waals surface area contributed by atoms with E-state index in [4.69, 9.17) is 4.74 Å². The van der Waals surface area contributed by atoms with Gasteiger partial charge in [-0.1, -0.05) is 25.0 Å². The zero-order chi connectivity index (χ0) is 17.0. The van der Waals surface area contributed by atoms with Crippen molar-refractivity contribution < 1.29 is 17.9 Å². The van der Waals surface area contributed by atoms with Gasteiger partial charge in [0.05, 0.1) is 18.8 Å². The molecule has 1 saturated carbocycles. The summed E-state index contributed by atoms with van der Waals surface area (Å²) >= 11 is 0. The molecule has 2 fully saturated rings. The highest BCUT2D eigenvalue weighted by Crippen LogP contribution is 2.31. The van der Waals surface area contributed by atoms with Crippen molar-refractivity contribution in [3.8, 4) is 0 Å². The van der Waals surface area contributed by atoms with Gasteiger partial charge in [0.15, 0.2) is 0 Å². The van der Waals surface area contributed by atoms with Crippen LogP contribution >= 0.6 is 0 Å². The number of alkyl halides is 3. The number of hydrogen-bond donors (Lipinski definition) is 1. The molecular weight excluding hydrogens is 317 g/mol. The SMILES string of the molecule is FC(F)(F)c1ccc(C(CNC2CCCC2)N2CCOCC2)cc1. The summed E-state index contributed by atoms with van der Waals surface area (Å²) in [4.78, 5) is 2.31. The van der Waals surface area contributed by atoms with E-state index in [9.17, 15) is 13.2 Å². The van der Waals surface area contributed by atoms with Gasteiger partial charge in [-0.3, -0.25) is 4.90 Å². The monoisotopic (exact) mass is 342 g/mol. The first-order valence-corrected chi connectivity index (χ1v) is 8.76. The molecular formula is C18H25F3N2O. The molecule has 134 valence electrons. The predicted octanol–water partition coefficient (Wildman–Crippen LogP) is 3.61. The first-order valence-electron chi connectivity index (χ1n) is 8.76. The van der Waals surface area contributed by atoms with Gasteiger partial charge >= 0.3 is 6.18 Å². The molecule has 0 bridgehead atoms. The maximum atomic E-state index is 12.8. The molecule has 24 heavy (non-hydrogen) atoms. The quantitative estimate of drug-likeness (QED) is 0.885. The van der Waals surface area contributed by atoms with Crippen LogP contribution in [-0.4, -0.2) is 43.8 Å². The van der Waals surface area contributed by atoms with Crippen LogP contribution in [0.3, 0.4) is 0 Å². The lowest BCUT2D eigenvalue weighted by molar-refractivity contribution is -0.137. The number of benzene rings is 1. The molecule has 1 saturated heterocycles. The van der Waals surface area contributed by atoms with Crippen molar-refractivity contribution in [1.82, 2.24) is 10.2 Å². The van der Waals surface area contributed by atoms with Crippen molar-refractivity contribution in [1.29, 1.82) is 0 Å². The third-order valence-electron chi connectivity index (χ3n) is 5.06. The fraction of sp³-hybridized carbons (Fsp3) is 0.667. The van der Waals surface area contributed by atoms with Gasteiger partial charge in [0.25, 0.3) is 0 Å². The summed E-state index contributed by atoms with van der Waals surface area (Å²) in [5.41, 5.74) is 0.353. The lowest BCUT2D eigenvalue weighted by Crippen LogP contribution is -2.44. The van der Waals surface area contributed by atoms with Crippen LogP contribution in [0.2, 0.25) is 0 Å². The Morgan fingerprint density at radius 1 is 1.08 bits per heavy atom. The predicted molar refractivity (Wildman–Crippen MR) is 86.8 cm³/mol. The van der Waals surface area contributed by atoms with Crippen molar-refractivity contribution in [3.05, 3.63) is 35.4 Å². The number of halogens is 3. The fourth-order valence-corrected chi connectivity index (χ4v) is 3.65. The zero-order valence-electron chi connectivity index (χ0n) is 13.8. The number of rotatable bonds is 5. The maximum Gasteiger partial charge on any atom is 0.416 e. The van der Waals surface area contributed by atoms with Crippen molar-refractivity contribution in [3.63, 3.8) is 0 Å². The lowest BCUT2D eigenvalue weighted by Gasteiger charge is -2.35. The van der Waals surface area contributed by atoms with E-state index in [1.807, 2.05) is 0 Å².